The minimum absolute atomic E-state index is 0.484. The van der Waals surface area contributed by atoms with Crippen LogP contribution in [-0.4, -0.2) is 20.3 Å². The van der Waals surface area contributed by atoms with Gasteiger partial charge in [-0.05, 0) is 59.6 Å². The molecule has 1 aliphatic heterocycles. The minimum atomic E-state index is 0.484. The highest BCUT2D eigenvalue weighted by Crippen LogP contribution is 2.34. The van der Waals surface area contributed by atoms with Crippen molar-refractivity contribution in [3.8, 4) is 0 Å². The first-order valence-corrected chi connectivity index (χ1v) is 7.46. The zero-order valence-corrected chi connectivity index (χ0v) is 11.9. The van der Waals surface area contributed by atoms with E-state index in [1.165, 1.54) is 28.6 Å². The average Bonchev–Trinajstić information content (AvgIpc) is 2.74. The van der Waals surface area contributed by atoms with Crippen LogP contribution in [-0.2, 0) is 4.74 Å². The second-order valence-corrected chi connectivity index (χ2v) is 6.07. The van der Waals surface area contributed by atoms with E-state index in [9.17, 15) is 0 Å². The summed E-state index contributed by atoms with van der Waals surface area (Å²) in [4.78, 5) is 1.42. The minimum Gasteiger partial charge on any atom is -0.381 e. The molecule has 1 aromatic heterocycles. The highest BCUT2D eigenvalue weighted by Gasteiger charge is 2.21. The lowest BCUT2D eigenvalue weighted by atomic mass is 9.92. The first-order valence-electron chi connectivity index (χ1n) is 5.79. The SMILES string of the molecule is CNC(CC1CCOCC1)c1sccc1Br. The molecule has 1 saturated heterocycles. The van der Waals surface area contributed by atoms with Gasteiger partial charge in [0.2, 0.25) is 0 Å². The molecule has 0 saturated carbocycles. The zero-order valence-electron chi connectivity index (χ0n) is 9.54. The number of hydrogen-bond acceptors (Lipinski definition) is 3. The van der Waals surface area contributed by atoms with Crippen LogP contribution in [0, 0.1) is 5.92 Å². The zero-order chi connectivity index (χ0) is 11.4. The largest absolute Gasteiger partial charge is 0.381 e. The van der Waals surface area contributed by atoms with Crippen LogP contribution in [0.1, 0.15) is 30.2 Å². The molecule has 2 heterocycles. The van der Waals surface area contributed by atoms with Gasteiger partial charge in [0.15, 0.2) is 0 Å². The molecule has 2 nitrogen and oxygen atoms in total. The molecule has 16 heavy (non-hydrogen) atoms. The lowest BCUT2D eigenvalue weighted by Gasteiger charge is -2.26. The number of nitrogens with one attached hydrogen (secondary N) is 1. The van der Waals surface area contributed by atoms with Crippen LogP contribution in [0.2, 0.25) is 0 Å². The van der Waals surface area contributed by atoms with E-state index in [0.717, 1.165) is 19.1 Å². The van der Waals surface area contributed by atoms with Crippen molar-refractivity contribution in [1.82, 2.24) is 5.32 Å². The van der Waals surface area contributed by atoms with E-state index in [-0.39, 0.29) is 0 Å². The van der Waals surface area contributed by atoms with Crippen LogP contribution < -0.4 is 5.32 Å². The summed E-state index contributed by atoms with van der Waals surface area (Å²) in [6, 6.07) is 2.62. The van der Waals surface area contributed by atoms with E-state index in [1.807, 2.05) is 11.3 Å². The quantitative estimate of drug-likeness (QED) is 0.918. The fourth-order valence-corrected chi connectivity index (χ4v) is 4.00. The highest BCUT2D eigenvalue weighted by atomic mass is 79.9. The summed E-state index contributed by atoms with van der Waals surface area (Å²) < 4.78 is 6.64. The van der Waals surface area contributed by atoms with Crippen LogP contribution in [0.15, 0.2) is 15.9 Å². The maximum Gasteiger partial charge on any atom is 0.0468 e. The van der Waals surface area contributed by atoms with Crippen LogP contribution in [0.4, 0.5) is 0 Å². The maximum absolute atomic E-state index is 5.40. The first-order chi connectivity index (χ1) is 7.81. The monoisotopic (exact) mass is 303 g/mol. The summed E-state index contributed by atoms with van der Waals surface area (Å²) in [5, 5.41) is 5.58. The highest BCUT2D eigenvalue weighted by molar-refractivity contribution is 9.10. The van der Waals surface area contributed by atoms with Crippen LogP contribution in [0.5, 0.6) is 0 Å². The smallest absolute Gasteiger partial charge is 0.0468 e. The summed E-state index contributed by atoms with van der Waals surface area (Å²) in [5.41, 5.74) is 0. The van der Waals surface area contributed by atoms with E-state index in [0.29, 0.717) is 6.04 Å². The molecular formula is C12H18BrNOS. The van der Waals surface area contributed by atoms with Crippen molar-refractivity contribution in [2.75, 3.05) is 20.3 Å². The lowest BCUT2D eigenvalue weighted by molar-refractivity contribution is 0.0609. The molecule has 1 aliphatic rings. The summed E-state index contributed by atoms with van der Waals surface area (Å²) in [5.74, 6) is 0.806. The number of halogens is 1. The molecule has 1 aromatic rings. The van der Waals surface area contributed by atoms with Crippen molar-refractivity contribution < 1.29 is 4.74 Å². The van der Waals surface area contributed by atoms with Gasteiger partial charge in [0.25, 0.3) is 0 Å². The Labute approximate surface area is 110 Å². The fraction of sp³-hybridized carbons (Fsp3) is 0.667. The number of rotatable bonds is 4. The van der Waals surface area contributed by atoms with Gasteiger partial charge >= 0.3 is 0 Å². The second kappa shape index (κ2) is 6.15. The fourth-order valence-electron chi connectivity index (χ4n) is 2.23. The predicted octanol–water partition coefficient (Wildman–Crippen LogP) is 3.59. The molecule has 1 N–H and O–H groups in total. The lowest BCUT2D eigenvalue weighted by Crippen LogP contribution is -2.23. The van der Waals surface area contributed by atoms with E-state index < -0.39 is 0 Å². The third-order valence-corrected chi connectivity index (χ3v) is 5.20. The molecule has 0 amide bonds. The van der Waals surface area contributed by atoms with Crippen molar-refractivity contribution in [1.29, 1.82) is 0 Å². The second-order valence-electron chi connectivity index (χ2n) is 4.27. The van der Waals surface area contributed by atoms with Gasteiger partial charge in [-0.1, -0.05) is 0 Å². The molecule has 2 rings (SSSR count). The van der Waals surface area contributed by atoms with E-state index in [2.05, 4.69) is 39.7 Å². The molecule has 0 bridgehead atoms. The van der Waals surface area contributed by atoms with E-state index >= 15 is 0 Å². The van der Waals surface area contributed by atoms with Gasteiger partial charge in [0, 0.05) is 28.6 Å². The number of thiophene rings is 1. The topological polar surface area (TPSA) is 21.3 Å². The summed E-state index contributed by atoms with van der Waals surface area (Å²) in [6.45, 7) is 1.87. The third kappa shape index (κ3) is 3.06. The molecule has 0 radical (unpaired) electrons. The number of ether oxygens (including phenoxy) is 1. The normalized spacial score (nSPS) is 19.9. The predicted molar refractivity (Wildman–Crippen MR) is 72.0 cm³/mol. The van der Waals surface area contributed by atoms with Crippen molar-refractivity contribution in [2.45, 2.75) is 25.3 Å². The van der Waals surface area contributed by atoms with Crippen molar-refractivity contribution >= 4 is 27.3 Å². The van der Waals surface area contributed by atoms with Crippen molar-refractivity contribution in [3.63, 3.8) is 0 Å². The molecular weight excluding hydrogens is 286 g/mol. The average molecular weight is 304 g/mol. The molecule has 1 atom stereocenters. The van der Waals surface area contributed by atoms with Crippen LogP contribution >= 0.6 is 27.3 Å². The molecule has 0 aromatic carbocycles. The van der Waals surface area contributed by atoms with Gasteiger partial charge in [-0.15, -0.1) is 11.3 Å². The summed E-state index contributed by atoms with van der Waals surface area (Å²) >= 11 is 5.45. The van der Waals surface area contributed by atoms with Gasteiger partial charge in [-0.2, -0.15) is 0 Å². The van der Waals surface area contributed by atoms with Crippen molar-refractivity contribution in [3.05, 3.63) is 20.8 Å². The molecule has 0 aliphatic carbocycles. The first kappa shape index (κ1) is 12.6. The summed E-state index contributed by atoms with van der Waals surface area (Å²) in [6.07, 6.45) is 3.64. The molecule has 1 fully saturated rings. The molecule has 1 unspecified atom stereocenters. The Morgan fingerprint density at radius 2 is 2.31 bits per heavy atom. The van der Waals surface area contributed by atoms with Gasteiger partial charge in [-0.25, -0.2) is 0 Å². The molecule has 0 spiro atoms. The Kier molecular flexibility index (Phi) is 4.82. The van der Waals surface area contributed by atoms with Crippen molar-refractivity contribution in [2.24, 2.45) is 5.92 Å². The Bertz CT molecular complexity index is 323. The van der Waals surface area contributed by atoms with Gasteiger partial charge in [0.05, 0.1) is 0 Å². The van der Waals surface area contributed by atoms with E-state index in [4.69, 9.17) is 4.74 Å². The standard InChI is InChI=1S/C12H18BrNOS/c1-14-11(12-10(13)4-7-16-12)8-9-2-5-15-6-3-9/h4,7,9,11,14H,2-3,5-6,8H2,1H3. The Hall–Kier alpha value is 0.100. The molecule has 90 valence electrons. The summed E-state index contributed by atoms with van der Waals surface area (Å²) in [7, 11) is 2.05. The van der Waals surface area contributed by atoms with E-state index in [1.54, 1.807) is 0 Å². The Balaban J connectivity index is 1.97. The van der Waals surface area contributed by atoms with Crippen LogP contribution in [0.25, 0.3) is 0 Å². The number of hydrogen-bond donors (Lipinski definition) is 1. The third-order valence-electron chi connectivity index (χ3n) is 3.22. The van der Waals surface area contributed by atoms with Gasteiger partial charge < -0.3 is 10.1 Å². The Morgan fingerprint density at radius 3 is 2.88 bits per heavy atom. The maximum atomic E-state index is 5.40. The van der Waals surface area contributed by atoms with Crippen LogP contribution in [0.3, 0.4) is 0 Å². The molecule has 4 heteroatoms. The van der Waals surface area contributed by atoms with Gasteiger partial charge in [-0.3, -0.25) is 0 Å². The van der Waals surface area contributed by atoms with Gasteiger partial charge in [0.1, 0.15) is 0 Å². The Morgan fingerprint density at radius 1 is 1.56 bits per heavy atom.